The van der Waals surface area contributed by atoms with Crippen LogP contribution in [0.15, 0.2) is 24.4 Å². The Balaban J connectivity index is 1.80. The third-order valence-electron chi connectivity index (χ3n) is 3.61. The standard InChI is InChI=1S/C15H16ClN3O/c1-2-19-9-13(16)14(18-19)15(20)17-12-7-6-10-4-3-5-11(10)8-12/h6-9H,2-5H2,1H3,(H,17,20). The van der Waals surface area contributed by atoms with Crippen LogP contribution in [0.25, 0.3) is 0 Å². The molecule has 0 saturated heterocycles. The minimum Gasteiger partial charge on any atom is -0.321 e. The molecule has 20 heavy (non-hydrogen) atoms. The zero-order chi connectivity index (χ0) is 14.1. The smallest absolute Gasteiger partial charge is 0.277 e. The van der Waals surface area contributed by atoms with Crippen molar-refractivity contribution in [3.05, 3.63) is 46.2 Å². The molecule has 0 fully saturated rings. The van der Waals surface area contributed by atoms with Gasteiger partial charge >= 0.3 is 0 Å². The van der Waals surface area contributed by atoms with E-state index in [0.717, 1.165) is 18.5 Å². The van der Waals surface area contributed by atoms with E-state index < -0.39 is 0 Å². The van der Waals surface area contributed by atoms with Gasteiger partial charge in [0.1, 0.15) is 0 Å². The molecule has 0 radical (unpaired) electrons. The van der Waals surface area contributed by atoms with Crippen molar-refractivity contribution in [1.82, 2.24) is 9.78 Å². The first-order chi connectivity index (χ1) is 9.67. The number of nitrogens with one attached hydrogen (secondary N) is 1. The van der Waals surface area contributed by atoms with E-state index in [9.17, 15) is 4.79 Å². The minimum atomic E-state index is -0.264. The Bertz CT molecular complexity index is 663. The molecular formula is C15H16ClN3O. The lowest BCUT2D eigenvalue weighted by Crippen LogP contribution is -2.14. The van der Waals surface area contributed by atoms with E-state index in [2.05, 4.69) is 16.5 Å². The summed E-state index contributed by atoms with van der Waals surface area (Å²) in [6, 6.07) is 6.07. The maximum Gasteiger partial charge on any atom is 0.277 e. The predicted molar refractivity (Wildman–Crippen MR) is 79.3 cm³/mol. The number of hydrogen-bond acceptors (Lipinski definition) is 2. The van der Waals surface area contributed by atoms with Crippen molar-refractivity contribution in [1.29, 1.82) is 0 Å². The number of carbonyl (C=O) groups is 1. The molecule has 1 N–H and O–H groups in total. The highest BCUT2D eigenvalue weighted by atomic mass is 35.5. The average Bonchev–Trinajstić information content (AvgIpc) is 3.04. The molecule has 104 valence electrons. The molecule has 0 unspecified atom stereocenters. The van der Waals surface area contributed by atoms with Crippen LogP contribution in [0.5, 0.6) is 0 Å². The van der Waals surface area contributed by atoms with E-state index in [0.29, 0.717) is 11.6 Å². The van der Waals surface area contributed by atoms with Gasteiger partial charge in [-0.25, -0.2) is 0 Å². The third-order valence-corrected chi connectivity index (χ3v) is 3.89. The molecule has 4 nitrogen and oxygen atoms in total. The van der Waals surface area contributed by atoms with Crippen LogP contribution in [0.2, 0.25) is 5.02 Å². The van der Waals surface area contributed by atoms with Gasteiger partial charge in [0.2, 0.25) is 0 Å². The molecular weight excluding hydrogens is 274 g/mol. The molecule has 1 aromatic carbocycles. The molecule has 0 bridgehead atoms. The molecule has 0 aliphatic heterocycles. The van der Waals surface area contributed by atoms with Crippen molar-refractivity contribution >= 4 is 23.2 Å². The van der Waals surface area contributed by atoms with E-state index in [-0.39, 0.29) is 11.6 Å². The summed E-state index contributed by atoms with van der Waals surface area (Å²) in [5.74, 6) is -0.264. The van der Waals surface area contributed by atoms with Gasteiger partial charge < -0.3 is 5.32 Å². The number of fused-ring (bicyclic) bond motifs is 1. The Morgan fingerprint density at radius 3 is 2.95 bits per heavy atom. The summed E-state index contributed by atoms with van der Waals surface area (Å²) in [6.45, 7) is 2.64. The largest absolute Gasteiger partial charge is 0.321 e. The van der Waals surface area contributed by atoms with Gasteiger partial charge in [0.05, 0.1) is 5.02 Å². The number of amides is 1. The molecule has 2 aromatic rings. The molecule has 1 aliphatic rings. The van der Waals surface area contributed by atoms with E-state index in [1.54, 1.807) is 10.9 Å². The highest BCUT2D eigenvalue weighted by molar-refractivity contribution is 6.34. The first-order valence-electron chi connectivity index (χ1n) is 6.83. The van der Waals surface area contributed by atoms with Crippen molar-refractivity contribution in [3.63, 3.8) is 0 Å². The Morgan fingerprint density at radius 2 is 2.20 bits per heavy atom. The van der Waals surface area contributed by atoms with Crippen LogP contribution in [0.3, 0.4) is 0 Å². The SMILES string of the molecule is CCn1cc(Cl)c(C(=O)Nc2ccc3c(c2)CCC3)n1. The monoisotopic (exact) mass is 289 g/mol. The fourth-order valence-corrected chi connectivity index (χ4v) is 2.79. The summed E-state index contributed by atoms with van der Waals surface area (Å²) in [5.41, 5.74) is 3.79. The van der Waals surface area contributed by atoms with Crippen molar-refractivity contribution in [2.24, 2.45) is 0 Å². The summed E-state index contributed by atoms with van der Waals surface area (Å²) in [7, 11) is 0. The Kier molecular flexibility index (Phi) is 3.49. The average molecular weight is 290 g/mol. The van der Waals surface area contributed by atoms with E-state index in [1.165, 1.54) is 17.5 Å². The van der Waals surface area contributed by atoms with Gasteiger partial charge in [-0.3, -0.25) is 9.48 Å². The van der Waals surface area contributed by atoms with Gasteiger partial charge in [0.15, 0.2) is 5.69 Å². The lowest BCUT2D eigenvalue weighted by Gasteiger charge is -2.06. The van der Waals surface area contributed by atoms with E-state index in [4.69, 9.17) is 11.6 Å². The summed E-state index contributed by atoms with van der Waals surface area (Å²) in [5, 5.41) is 7.42. The summed E-state index contributed by atoms with van der Waals surface area (Å²) in [4.78, 5) is 12.2. The van der Waals surface area contributed by atoms with Crippen LogP contribution >= 0.6 is 11.6 Å². The van der Waals surface area contributed by atoms with Gasteiger partial charge in [0.25, 0.3) is 5.91 Å². The van der Waals surface area contributed by atoms with Crippen LogP contribution in [-0.4, -0.2) is 15.7 Å². The number of aryl methyl sites for hydroxylation is 3. The van der Waals surface area contributed by atoms with E-state index in [1.807, 2.05) is 19.1 Å². The molecule has 1 heterocycles. The number of benzene rings is 1. The van der Waals surface area contributed by atoms with Crippen molar-refractivity contribution in [3.8, 4) is 0 Å². The maximum absolute atomic E-state index is 12.2. The molecule has 5 heteroatoms. The topological polar surface area (TPSA) is 46.9 Å². The van der Waals surface area contributed by atoms with Crippen molar-refractivity contribution in [2.75, 3.05) is 5.32 Å². The highest BCUT2D eigenvalue weighted by Gasteiger charge is 2.17. The predicted octanol–water partition coefficient (Wildman–Crippen LogP) is 3.30. The van der Waals surface area contributed by atoms with Gasteiger partial charge in [-0.1, -0.05) is 17.7 Å². The summed E-state index contributed by atoms with van der Waals surface area (Å²) < 4.78 is 1.65. The number of carbonyl (C=O) groups excluding carboxylic acids is 1. The lowest BCUT2D eigenvalue weighted by atomic mass is 10.1. The Hall–Kier alpha value is -1.81. The molecule has 0 spiro atoms. The quantitative estimate of drug-likeness (QED) is 0.942. The number of nitrogens with zero attached hydrogens (tertiary/aromatic N) is 2. The second-order valence-electron chi connectivity index (χ2n) is 4.97. The summed E-state index contributed by atoms with van der Waals surface area (Å²) >= 11 is 6.03. The normalized spacial score (nSPS) is 13.3. The second kappa shape index (κ2) is 5.29. The lowest BCUT2D eigenvalue weighted by molar-refractivity contribution is 0.102. The number of anilines is 1. The molecule has 0 atom stereocenters. The fraction of sp³-hybridized carbons (Fsp3) is 0.333. The Labute approximate surface area is 122 Å². The van der Waals surface area contributed by atoms with Crippen molar-refractivity contribution in [2.45, 2.75) is 32.7 Å². The molecule has 1 aromatic heterocycles. The number of rotatable bonds is 3. The van der Waals surface area contributed by atoms with Crippen molar-refractivity contribution < 1.29 is 4.79 Å². The zero-order valence-corrected chi connectivity index (χ0v) is 12.1. The molecule has 3 rings (SSSR count). The van der Waals surface area contributed by atoms with Crippen LogP contribution in [0.4, 0.5) is 5.69 Å². The number of halogens is 1. The first kappa shape index (κ1) is 13.2. The third kappa shape index (κ3) is 2.43. The zero-order valence-electron chi connectivity index (χ0n) is 11.3. The fourth-order valence-electron chi connectivity index (χ4n) is 2.55. The second-order valence-corrected chi connectivity index (χ2v) is 5.38. The first-order valence-corrected chi connectivity index (χ1v) is 7.21. The van der Waals surface area contributed by atoms with Gasteiger partial charge in [-0.05, 0) is 49.4 Å². The van der Waals surface area contributed by atoms with Crippen LogP contribution in [0.1, 0.15) is 35.0 Å². The van der Waals surface area contributed by atoms with Crippen LogP contribution in [-0.2, 0) is 19.4 Å². The number of hydrogen-bond donors (Lipinski definition) is 1. The van der Waals surface area contributed by atoms with Crippen LogP contribution in [0, 0.1) is 0 Å². The maximum atomic E-state index is 12.2. The van der Waals surface area contributed by atoms with Gasteiger partial charge in [-0.2, -0.15) is 5.10 Å². The number of aromatic nitrogens is 2. The van der Waals surface area contributed by atoms with Crippen LogP contribution < -0.4 is 5.32 Å². The van der Waals surface area contributed by atoms with E-state index >= 15 is 0 Å². The highest BCUT2D eigenvalue weighted by Crippen LogP contribution is 2.25. The molecule has 1 aliphatic carbocycles. The van der Waals surface area contributed by atoms with Gasteiger partial charge in [0, 0.05) is 18.4 Å². The molecule has 0 saturated carbocycles. The summed E-state index contributed by atoms with van der Waals surface area (Å²) in [6.07, 6.45) is 5.08. The minimum absolute atomic E-state index is 0.264. The van der Waals surface area contributed by atoms with Gasteiger partial charge in [-0.15, -0.1) is 0 Å². The molecule has 1 amide bonds. The Morgan fingerprint density at radius 1 is 1.40 bits per heavy atom.